The van der Waals surface area contributed by atoms with Crippen molar-refractivity contribution in [2.45, 2.75) is 18.9 Å². The Balaban J connectivity index is 1.41. The fourth-order valence-electron chi connectivity index (χ4n) is 3.41. The lowest BCUT2D eigenvalue weighted by Gasteiger charge is -2.44. The predicted octanol–water partition coefficient (Wildman–Crippen LogP) is 2.43. The van der Waals surface area contributed by atoms with Gasteiger partial charge in [0.1, 0.15) is 6.20 Å². The number of carbonyl (C=O) groups is 1. The molecule has 126 valence electrons. The number of oxazole rings is 1. The third-order valence-electron chi connectivity index (χ3n) is 4.70. The van der Waals surface area contributed by atoms with Gasteiger partial charge in [-0.1, -0.05) is 12.1 Å². The summed E-state index contributed by atoms with van der Waals surface area (Å²) in [6, 6.07) is 6.10. The summed E-state index contributed by atoms with van der Waals surface area (Å²) in [4.78, 5) is 18.6. The number of rotatable bonds is 4. The number of para-hydroxylation sites is 1. The van der Waals surface area contributed by atoms with E-state index in [9.17, 15) is 9.18 Å². The second-order valence-electron chi connectivity index (χ2n) is 6.23. The van der Waals surface area contributed by atoms with Crippen molar-refractivity contribution < 1.29 is 18.3 Å². The van der Waals surface area contributed by atoms with E-state index < -0.39 is 5.82 Å². The number of nitrogens with zero attached hydrogens (tertiary/aromatic N) is 2. The van der Waals surface area contributed by atoms with Crippen LogP contribution in [0.15, 0.2) is 34.9 Å². The van der Waals surface area contributed by atoms with Crippen molar-refractivity contribution in [1.82, 2.24) is 15.2 Å². The van der Waals surface area contributed by atoms with Crippen molar-refractivity contribution in [3.05, 3.63) is 42.2 Å². The molecule has 0 saturated carbocycles. The number of carbonyl (C=O) groups excluding carboxylic acids is 1. The van der Waals surface area contributed by atoms with Crippen molar-refractivity contribution in [3.63, 3.8) is 0 Å². The van der Waals surface area contributed by atoms with Crippen molar-refractivity contribution in [2.24, 2.45) is 5.92 Å². The maximum Gasteiger partial charge on any atom is 0.311 e. The Hall–Kier alpha value is -2.41. The molecule has 0 radical (unpaired) electrons. The first kappa shape index (κ1) is 15.1. The highest BCUT2D eigenvalue weighted by atomic mass is 19.1. The zero-order valence-corrected chi connectivity index (χ0v) is 13.1. The number of nitrogens with one attached hydrogen (secondary N) is 1. The van der Waals surface area contributed by atoms with Crippen molar-refractivity contribution in [1.29, 1.82) is 0 Å². The number of hydrogen-bond acceptors (Lipinski definition) is 5. The molecule has 1 aromatic heterocycles. The molecule has 1 amide bonds. The highest BCUT2D eigenvalue weighted by Gasteiger charge is 2.35. The van der Waals surface area contributed by atoms with Gasteiger partial charge in [-0.2, -0.15) is 0 Å². The molecule has 3 fully saturated rings. The largest absolute Gasteiger partial charge is 0.422 e. The Labute approximate surface area is 138 Å². The van der Waals surface area contributed by atoms with Crippen LogP contribution in [0.5, 0.6) is 11.7 Å². The van der Waals surface area contributed by atoms with E-state index in [1.54, 1.807) is 12.1 Å². The quantitative estimate of drug-likeness (QED) is 0.932. The molecule has 1 N–H and O–H groups in total. The molecule has 2 bridgehead atoms. The van der Waals surface area contributed by atoms with Gasteiger partial charge >= 0.3 is 11.9 Å². The summed E-state index contributed by atoms with van der Waals surface area (Å²) in [7, 11) is 0. The van der Waals surface area contributed by atoms with Gasteiger partial charge in [0, 0.05) is 12.6 Å². The van der Waals surface area contributed by atoms with Crippen molar-refractivity contribution >= 4 is 5.91 Å². The third-order valence-corrected chi connectivity index (χ3v) is 4.70. The van der Waals surface area contributed by atoms with Gasteiger partial charge in [0.05, 0.1) is 0 Å². The summed E-state index contributed by atoms with van der Waals surface area (Å²) in [5, 5.41) is 2.99. The molecule has 6 nitrogen and oxygen atoms in total. The fraction of sp³-hybridized carbons (Fsp3) is 0.412. The van der Waals surface area contributed by atoms with Gasteiger partial charge in [-0.15, -0.1) is 0 Å². The average molecular weight is 331 g/mol. The number of benzene rings is 1. The van der Waals surface area contributed by atoms with Gasteiger partial charge in [0.15, 0.2) is 11.6 Å². The van der Waals surface area contributed by atoms with Crippen LogP contribution in [-0.2, 0) is 0 Å². The molecule has 0 spiro atoms. The van der Waals surface area contributed by atoms with E-state index in [2.05, 4.69) is 15.2 Å². The Morgan fingerprint density at radius 1 is 1.33 bits per heavy atom. The van der Waals surface area contributed by atoms with E-state index in [-0.39, 0.29) is 29.5 Å². The van der Waals surface area contributed by atoms with Gasteiger partial charge in [-0.25, -0.2) is 9.37 Å². The lowest BCUT2D eigenvalue weighted by atomic mass is 9.84. The standard InChI is InChI=1S/C17H18FN3O3/c18-12-3-1-2-4-14(12)23-15-9-19-17(24-15)16(22)20-13-10-21-7-5-11(13)6-8-21/h1-4,9,11,13H,5-8,10H2,(H,20,22). The summed E-state index contributed by atoms with van der Waals surface area (Å²) in [6.45, 7) is 3.09. The topological polar surface area (TPSA) is 67.6 Å². The molecule has 5 rings (SSSR count). The zero-order valence-electron chi connectivity index (χ0n) is 13.1. The summed E-state index contributed by atoms with van der Waals surface area (Å²) in [5.74, 6) is -0.415. The van der Waals surface area contributed by atoms with Gasteiger partial charge in [0.25, 0.3) is 5.89 Å². The number of hydrogen-bond donors (Lipinski definition) is 1. The molecular weight excluding hydrogens is 313 g/mol. The highest BCUT2D eigenvalue weighted by Crippen LogP contribution is 2.28. The number of aromatic nitrogens is 1. The molecule has 3 aliphatic rings. The SMILES string of the molecule is O=C(NC1CN2CCC1CC2)c1ncc(Oc2ccccc2F)o1. The number of amides is 1. The van der Waals surface area contributed by atoms with E-state index in [1.165, 1.54) is 18.3 Å². The van der Waals surface area contributed by atoms with Gasteiger partial charge in [-0.05, 0) is 44.0 Å². The first-order valence-electron chi connectivity index (χ1n) is 8.10. The van der Waals surface area contributed by atoms with E-state index in [4.69, 9.17) is 9.15 Å². The van der Waals surface area contributed by atoms with Crippen LogP contribution in [-0.4, -0.2) is 41.5 Å². The maximum absolute atomic E-state index is 13.6. The molecule has 1 atom stereocenters. The summed E-state index contributed by atoms with van der Waals surface area (Å²) < 4.78 is 24.2. The van der Waals surface area contributed by atoms with E-state index in [0.717, 1.165) is 32.5 Å². The molecule has 3 aliphatic heterocycles. The molecule has 0 aliphatic carbocycles. The molecule has 3 saturated heterocycles. The van der Waals surface area contributed by atoms with Crippen LogP contribution in [0.4, 0.5) is 4.39 Å². The summed E-state index contributed by atoms with van der Waals surface area (Å²) in [5.41, 5.74) is 0. The zero-order chi connectivity index (χ0) is 16.5. The molecule has 1 aromatic carbocycles. The smallest absolute Gasteiger partial charge is 0.311 e. The maximum atomic E-state index is 13.6. The van der Waals surface area contributed by atoms with E-state index in [1.807, 2.05) is 0 Å². The van der Waals surface area contributed by atoms with Crippen molar-refractivity contribution in [3.8, 4) is 11.7 Å². The van der Waals surface area contributed by atoms with E-state index >= 15 is 0 Å². The average Bonchev–Trinajstić information content (AvgIpc) is 3.07. The van der Waals surface area contributed by atoms with Crippen LogP contribution >= 0.6 is 0 Å². The van der Waals surface area contributed by atoms with Crippen LogP contribution in [0.1, 0.15) is 23.5 Å². The minimum absolute atomic E-state index is 0.0147. The van der Waals surface area contributed by atoms with Gasteiger partial charge in [-0.3, -0.25) is 4.79 Å². The third kappa shape index (κ3) is 2.99. The van der Waals surface area contributed by atoms with Crippen LogP contribution in [0.25, 0.3) is 0 Å². The number of piperidine rings is 3. The Bertz CT molecular complexity index is 740. The predicted molar refractivity (Wildman–Crippen MR) is 83.4 cm³/mol. The summed E-state index contributed by atoms with van der Waals surface area (Å²) in [6.07, 6.45) is 3.49. The number of fused-ring (bicyclic) bond motifs is 3. The normalized spacial score (nSPS) is 25.5. The minimum atomic E-state index is -0.507. The lowest BCUT2D eigenvalue weighted by Crippen LogP contribution is -2.57. The molecule has 24 heavy (non-hydrogen) atoms. The first-order chi connectivity index (χ1) is 11.7. The van der Waals surface area contributed by atoms with E-state index in [0.29, 0.717) is 5.92 Å². The van der Waals surface area contributed by atoms with Gasteiger partial charge < -0.3 is 19.4 Å². The summed E-state index contributed by atoms with van der Waals surface area (Å²) >= 11 is 0. The monoisotopic (exact) mass is 331 g/mol. The Morgan fingerprint density at radius 2 is 2.12 bits per heavy atom. The number of halogens is 1. The highest BCUT2D eigenvalue weighted by molar-refractivity contribution is 5.89. The Morgan fingerprint density at radius 3 is 2.83 bits per heavy atom. The first-order valence-corrected chi connectivity index (χ1v) is 8.10. The molecule has 2 aromatic rings. The van der Waals surface area contributed by atoms with Crippen molar-refractivity contribution in [2.75, 3.05) is 19.6 Å². The Kier molecular flexibility index (Phi) is 3.93. The second-order valence-corrected chi connectivity index (χ2v) is 6.23. The van der Waals surface area contributed by atoms with Crippen LogP contribution in [0.3, 0.4) is 0 Å². The fourth-order valence-corrected chi connectivity index (χ4v) is 3.41. The number of ether oxygens (including phenoxy) is 1. The minimum Gasteiger partial charge on any atom is -0.422 e. The molecule has 7 heteroatoms. The van der Waals surface area contributed by atoms with Crippen LogP contribution < -0.4 is 10.1 Å². The molecular formula is C17H18FN3O3. The lowest BCUT2D eigenvalue weighted by molar-refractivity contribution is 0.0599. The second kappa shape index (κ2) is 6.24. The van der Waals surface area contributed by atoms with Crippen LogP contribution in [0.2, 0.25) is 0 Å². The molecule has 1 unspecified atom stereocenters. The van der Waals surface area contributed by atoms with Gasteiger partial charge in [0.2, 0.25) is 0 Å². The van der Waals surface area contributed by atoms with Crippen LogP contribution in [0, 0.1) is 11.7 Å². The molecule has 4 heterocycles.